The quantitative estimate of drug-likeness (QED) is 0.896. The van der Waals surface area contributed by atoms with Crippen LogP contribution in [0.1, 0.15) is 25.6 Å². The number of aromatic nitrogens is 2. The molecule has 5 heteroatoms. The molecule has 0 spiro atoms. The van der Waals surface area contributed by atoms with Crippen molar-refractivity contribution in [1.82, 2.24) is 14.9 Å². The Morgan fingerprint density at radius 2 is 2.00 bits per heavy atom. The summed E-state index contributed by atoms with van der Waals surface area (Å²) < 4.78 is 0. The van der Waals surface area contributed by atoms with Crippen LogP contribution in [0.2, 0.25) is 0 Å². The second-order valence-electron chi connectivity index (χ2n) is 5.37. The van der Waals surface area contributed by atoms with E-state index in [9.17, 15) is 0 Å². The first kappa shape index (κ1) is 14.1. The normalized spacial score (nSPS) is 17.0. The van der Waals surface area contributed by atoms with E-state index < -0.39 is 0 Å². The summed E-state index contributed by atoms with van der Waals surface area (Å²) in [6.45, 7) is 7.07. The van der Waals surface area contributed by atoms with Gasteiger partial charge in [0.15, 0.2) is 0 Å². The van der Waals surface area contributed by atoms with Crippen LogP contribution in [0.4, 0.5) is 11.6 Å². The van der Waals surface area contributed by atoms with E-state index in [4.69, 9.17) is 0 Å². The van der Waals surface area contributed by atoms with Crippen LogP contribution in [0.25, 0.3) is 0 Å². The van der Waals surface area contributed by atoms with E-state index in [0.29, 0.717) is 6.04 Å². The number of piperidine rings is 1. The average Bonchev–Trinajstić information content (AvgIpc) is 2.38. The minimum absolute atomic E-state index is 0.701. The maximum Gasteiger partial charge on any atom is 0.134 e. The summed E-state index contributed by atoms with van der Waals surface area (Å²) in [5, 5.41) is 3.27. The lowest BCUT2D eigenvalue weighted by molar-refractivity contribution is 0.249. The molecule has 106 valence electrons. The van der Waals surface area contributed by atoms with Gasteiger partial charge < -0.3 is 15.1 Å². The Morgan fingerprint density at radius 1 is 1.32 bits per heavy atom. The topological polar surface area (TPSA) is 44.3 Å². The van der Waals surface area contributed by atoms with Crippen LogP contribution in [-0.2, 0) is 0 Å². The van der Waals surface area contributed by atoms with Crippen molar-refractivity contribution in [2.45, 2.75) is 32.7 Å². The maximum absolute atomic E-state index is 4.57. The van der Waals surface area contributed by atoms with Gasteiger partial charge in [0.25, 0.3) is 0 Å². The van der Waals surface area contributed by atoms with Gasteiger partial charge in [-0.05, 0) is 40.8 Å². The molecule has 0 atom stereocenters. The Balaban J connectivity index is 2.06. The van der Waals surface area contributed by atoms with Gasteiger partial charge in [-0.25, -0.2) is 9.97 Å². The molecule has 5 nitrogen and oxygen atoms in total. The fraction of sp³-hybridized carbons (Fsp3) is 0.714. The first-order chi connectivity index (χ1) is 9.10. The van der Waals surface area contributed by atoms with E-state index in [1.165, 1.54) is 12.8 Å². The highest BCUT2D eigenvalue weighted by atomic mass is 15.2. The summed E-state index contributed by atoms with van der Waals surface area (Å²) in [6, 6.07) is 2.76. The van der Waals surface area contributed by atoms with Crippen LogP contribution < -0.4 is 10.2 Å². The van der Waals surface area contributed by atoms with Gasteiger partial charge in [-0.3, -0.25) is 0 Å². The van der Waals surface area contributed by atoms with E-state index in [0.717, 1.165) is 37.1 Å². The molecule has 0 aromatic carbocycles. The molecular formula is C14H25N5. The predicted molar refractivity (Wildman–Crippen MR) is 79.9 cm³/mol. The highest BCUT2D eigenvalue weighted by Crippen LogP contribution is 2.22. The lowest BCUT2D eigenvalue weighted by Gasteiger charge is -2.36. The van der Waals surface area contributed by atoms with E-state index in [1.807, 2.05) is 6.92 Å². The molecule has 1 aromatic rings. The Hall–Kier alpha value is -1.36. The second kappa shape index (κ2) is 6.19. The Bertz CT molecular complexity index is 410. The molecule has 0 radical (unpaired) electrons. The summed E-state index contributed by atoms with van der Waals surface area (Å²) in [5.74, 6) is 2.82. The van der Waals surface area contributed by atoms with Gasteiger partial charge in [-0.15, -0.1) is 0 Å². The van der Waals surface area contributed by atoms with Crippen LogP contribution in [0.15, 0.2) is 6.07 Å². The van der Waals surface area contributed by atoms with Crippen LogP contribution in [0.5, 0.6) is 0 Å². The highest BCUT2D eigenvalue weighted by molar-refractivity contribution is 5.49. The van der Waals surface area contributed by atoms with Crippen molar-refractivity contribution in [3.8, 4) is 0 Å². The van der Waals surface area contributed by atoms with Crippen molar-refractivity contribution in [2.75, 3.05) is 43.9 Å². The van der Waals surface area contributed by atoms with Crippen molar-refractivity contribution in [3.05, 3.63) is 11.9 Å². The summed E-state index contributed by atoms with van der Waals surface area (Å²) in [5.41, 5.74) is 0. The summed E-state index contributed by atoms with van der Waals surface area (Å²) in [4.78, 5) is 13.7. The van der Waals surface area contributed by atoms with Crippen molar-refractivity contribution < 1.29 is 0 Å². The molecule has 1 aliphatic rings. The SMILES string of the molecule is CCNc1cc(N2CCC(N(C)C)CC2)nc(C)n1. The van der Waals surface area contributed by atoms with Gasteiger partial charge in [-0.1, -0.05) is 0 Å². The number of anilines is 2. The summed E-state index contributed by atoms with van der Waals surface area (Å²) >= 11 is 0. The van der Waals surface area contributed by atoms with Gasteiger partial charge >= 0.3 is 0 Å². The van der Waals surface area contributed by atoms with Gasteiger partial charge in [-0.2, -0.15) is 0 Å². The van der Waals surface area contributed by atoms with Gasteiger partial charge in [0.1, 0.15) is 17.5 Å². The molecule has 1 aromatic heterocycles. The van der Waals surface area contributed by atoms with Crippen LogP contribution in [0, 0.1) is 6.92 Å². The molecule has 0 aliphatic carbocycles. The van der Waals surface area contributed by atoms with Crippen molar-refractivity contribution >= 4 is 11.6 Å². The zero-order valence-corrected chi connectivity index (χ0v) is 12.5. The third kappa shape index (κ3) is 3.56. The molecule has 19 heavy (non-hydrogen) atoms. The minimum Gasteiger partial charge on any atom is -0.370 e. The Morgan fingerprint density at radius 3 is 2.58 bits per heavy atom. The highest BCUT2D eigenvalue weighted by Gasteiger charge is 2.21. The fourth-order valence-electron chi connectivity index (χ4n) is 2.60. The third-order valence-corrected chi connectivity index (χ3v) is 3.70. The molecule has 2 rings (SSSR count). The third-order valence-electron chi connectivity index (χ3n) is 3.70. The first-order valence-corrected chi connectivity index (χ1v) is 7.11. The molecule has 0 unspecified atom stereocenters. The lowest BCUT2D eigenvalue weighted by atomic mass is 10.0. The number of rotatable bonds is 4. The molecular weight excluding hydrogens is 238 g/mol. The number of hydrogen-bond acceptors (Lipinski definition) is 5. The van der Waals surface area contributed by atoms with Gasteiger partial charge in [0.05, 0.1) is 0 Å². The molecule has 0 bridgehead atoms. The zero-order valence-electron chi connectivity index (χ0n) is 12.5. The summed E-state index contributed by atoms with van der Waals surface area (Å²) in [7, 11) is 4.33. The first-order valence-electron chi connectivity index (χ1n) is 7.11. The molecule has 1 N–H and O–H groups in total. The molecule has 1 aliphatic heterocycles. The fourth-order valence-corrected chi connectivity index (χ4v) is 2.60. The van der Waals surface area contributed by atoms with Crippen LogP contribution in [0.3, 0.4) is 0 Å². The van der Waals surface area contributed by atoms with Crippen molar-refractivity contribution in [3.63, 3.8) is 0 Å². The predicted octanol–water partition coefficient (Wildman–Crippen LogP) is 1.75. The zero-order chi connectivity index (χ0) is 13.8. The Kier molecular flexibility index (Phi) is 4.58. The smallest absolute Gasteiger partial charge is 0.134 e. The molecule has 0 amide bonds. The standard InChI is InChI=1S/C14H25N5/c1-5-15-13-10-14(17-11(2)16-13)19-8-6-12(7-9-19)18(3)4/h10,12H,5-9H2,1-4H3,(H,15,16,17). The molecule has 0 saturated carbocycles. The minimum atomic E-state index is 0.701. The van der Waals surface area contributed by atoms with E-state index in [-0.39, 0.29) is 0 Å². The number of hydrogen-bond donors (Lipinski definition) is 1. The van der Waals surface area contributed by atoms with Gasteiger partial charge in [0, 0.05) is 31.7 Å². The largest absolute Gasteiger partial charge is 0.370 e. The number of aryl methyl sites for hydroxylation is 1. The van der Waals surface area contributed by atoms with Crippen molar-refractivity contribution in [1.29, 1.82) is 0 Å². The summed E-state index contributed by atoms with van der Waals surface area (Å²) in [6.07, 6.45) is 2.40. The number of nitrogens with one attached hydrogen (secondary N) is 1. The van der Waals surface area contributed by atoms with E-state index in [1.54, 1.807) is 0 Å². The van der Waals surface area contributed by atoms with Crippen LogP contribution in [-0.4, -0.2) is 54.6 Å². The maximum atomic E-state index is 4.57. The molecule has 1 saturated heterocycles. The van der Waals surface area contributed by atoms with E-state index >= 15 is 0 Å². The van der Waals surface area contributed by atoms with Crippen molar-refractivity contribution in [2.24, 2.45) is 0 Å². The Labute approximate surface area is 116 Å². The molecule has 2 heterocycles. The number of nitrogens with zero attached hydrogens (tertiary/aromatic N) is 4. The average molecular weight is 263 g/mol. The van der Waals surface area contributed by atoms with Gasteiger partial charge in [0.2, 0.25) is 0 Å². The van der Waals surface area contributed by atoms with E-state index in [2.05, 4.69) is 52.2 Å². The van der Waals surface area contributed by atoms with Crippen LogP contribution >= 0.6 is 0 Å². The lowest BCUT2D eigenvalue weighted by Crippen LogP contribution is -2.42. The molecule has 1 fully saturated rings. The monoisotopic (exact) mass is 263 g/mol. The second-order valence-corrected chi connectivity index (χ2v) is 5.37.